The maximum atomic E-state index is 4.86. The van der Waals surface area contributed by atoms with Gasteiger partial charge in [-0.2, -0.15) is 0 Å². The van der Waals surface area contributed by atoms with Gasteiger partial charge in [-0.1, -0.05) is 42.5 Å². The molecule has 0 aliphatic rings. The van der Waals surface area contributed by atoms with E-state index in [0.29, 0.717) is 0 Å². The number of aryl methyl sites for hydroxylation is 2. The molecular weight excluding hydrogens is 296 g/mol. The van der Waals surface area contributed by atoms with Crippen LogP contribution < -0.4 is 4.90 Å². The molecule has 0 atom stereocenters. The molecule has 2 aromatic carbocycles. The summed E-state index contributed by atoms with van der Waals surface area (Å²) in [6.45, 7) is 0. The quantitative estimate of drug-likeness (QED) is 0.575. The van der Waals surface area contributed by atoms with Crippen molar-refractivity contribution in [1.82, 2.24) is 14.4 Å². The van der Waals surface area contributed by atoms with Gasteiger partial charge < -0.3 is 4.90 Å². The Morgan fingerprint density at radius 1 is 0.875 bits per heavy atom. The fourth-order valence-corrected chi connectivity index (χ4v) is 3.03. The van der Waals surface area contributed by atoms with Crippen molar-refractivity contribution in [3.63, 3.8) is 0 Å². The number of hydrogen-bond acceptors (Lipinski definition) is 3. The molecule has 2 heterocycles. The molecule has 0 bridgehead atoms. The molecule has 120 valence electrons. The Hall–Kier alpha value is -2.88. The lowest BCUT2D eigenvalue weighted by Gasteiger charge is -2.13. The lowest BCUT2D eigenvalue weighted by Crippen LogP contribution is -2.12. The van der Waals surface area contributed by atoms with Crippen LogP contribution in [0, 0.1) is 0 Å². The molecule has 0 radical (unpaired) electrons. The van der Waals surface area contributed by atoms with Gasteiger partial charge in [-0.3, -0.25) is 4.40 Å². The zero-order valence-corrected chi connectivity index (χ0v) is 14.0. The number of imidazole rings is 1. The van der Waals surface area contributed by atoms with Crippen LogP contribution in [-0.2, 0) is 12.8 Å². The summed E-state index contributed by atoms with van der Waals surface area (Å²) in [4.78, 5) is 11.7. The molecule has 0 saturated carbocycles. The minimum Gasteiger partial charge on any atom is -0.360 e. The molecule has 2 aromatic heterocycles. The monoisotopic (exact) mass is 316 g/mol. The molecule has 0 N–H and O–H groups in total. The first-order valence-corrected chi connectivity index (χ1v) is 8.20. The van der Waals surface area contributed by atoms with E-state index < -0.39 is 0 Å². The van der Waals surface area contributed by atoms with Gasteiger partial charge in [0.2, 0.25) is 0 Å². The van der Waals surface area contributed by atoms with Crippen LogP contribution in [0.2, 0.25) is 0 Å². The number of aromatic nitrogens is 3. The summed E-state index contributed by atoms with van der Waals surface area (Å²) < 4.78 is 2.16. The predicted octanol–water partition coefficient (Wildman–Crippen LogP) is 3.73. The number of para-hydroxylation sites is 2. The van der Waals surface area contributed by atoms with E-state index in [9.17, 15) is 0 Å². The zero-order chi connectivity index (χ0) is 16.5. The lowest BCUT2D eigenvalue weighted by molar-refractivity contribution is 0.927. The molecule has 4 nitrogen and oxygen atoms in total. The van der Waals surface area contributed by atoms with E-state index in [1.54, 1.807) is 0 Å². The summed E-state index contributed by atoms with van der Waals surface area (Å²) >= 11 is 0. The van der Waals surface area contributed by atoms with Crippen LogP contribution >= 0.6 is 0 Å². The highest BCUT2D eigenvalue weighted by Gasteiger charge is 2.13. The van der Waals surface area contributed by atoms with E-state index in [0.717, 1.165) is 41.0 Å². The molecule has 4 rings (SSSR count). The van der Waals surface area contributed by atoms with Crippen LogP contribution in [0.5, 0.6) is 0 Å². The molecule has 0 spiro atoms. The van der Waals surface area contributed by atoms with Gasteiger partial charge in [-0.15, -0.1) is 0 Å². The van der Waals surface area contributed by atoms with Gasteiger partial charge in [0.1, 0.15) is 0 Å². The van der Waals surface area contributed by atoms with E-state index in [2.05, 4.69) is 47.0 Å². The van der Waals surface area contributed by atoms with Gasteiger partial charge >= 0.3 is 0 Å². The first-order valence-electron chi connectivity index (χ1n) is 8.20. The van der Waals surface area contributed by atoms with Crippen molar-refractivity contribution in [3.05, 3.63) is 72.1 Å². The minimum atomic E-state index is 0.902. The number of hydrogen-bond donors (Lipinski definition) is 0. The normalized spacial score (nSPS) is 11.2. The Morgan fingerprint density at radius 3 is 2.42 bits per heavy atom. The SMILES string of the molecule is CN(C)c1nc2ccccc2n2cc(CCc3ccccc3)nc12. The third kappa shape index (κ3) is 2.60. The van der Waals surface area contributed by atoms with Crippen LogP contribution in [0.3, 0.4) is 0 Å². The largest absolute Gasteiger partial charge is 0.360 e. The molecular formula is C20H20N4. The molecule has 0 fully saturated rings. The van der Waals surface area contributed by atoms with Crippen LogP contribution in [0.25, 0.3) is 16.7 Å². The van der Waals surface area contributed by atoms with Gasteiger partial charge in [-0.05, 0) is 30.5 Å². The lowest BCUT2D eigenvalue weighted by atomic mass is 10.1. The van der Waals surface area contributed by atoms with Crippen molar-refractivity contribution < 1.29 is 0 Å². The van der Waals surface area contributed by atoms with Gasteiger partial charge in [0.15, 0.2) is 11.5 Å². The second kappa shape index (κ2) is 5.96. The van der Waals surface area contributed by atoms with Crippen molar-refractivity contribution in [3.8, 4) is 0 Å². The first-order chi connectivity index (χ1) is 11.7. The summed E-state index contributed by atoms with van der Waals surface area (Å²) in [5, 5.41) is 0. The Morgan fingerprint density at radius 2 is 1.62 bits per heavy atom. The Kier molecular flexibility index (Phi) is 3.65. The molecule has 0 aliphatic heterocycles. The molecule has 0 aliphatic carbocycles. The molecule has 0 amide bonds. The average Bonchev–Trinajstić information content (AvgIpc) is 3.04. The van der Waals surface area contributed by atoms with Crippen LogP contribution in [0.1, 0.15) is 11.3 Å². The van der Waals surface area contributed by atoms with E-state index >= 15 is 0 Å². The van der Waals surface area contributed by atoms with Crippen molar-refractivity contribution in [2.24, 2.45) is 0 Å². The summed E-state index contributed by atoms with van der Waals surface area (Å²) in [6.07, 6.45) is 4.07. The van der Waals surface area contributed by atoms with Crippen molar-refractivity contribution in [2.75, 3.05) is 19.0 Å². The number of fused-ring (bicyclic) bond motifs is 3. The standard InChI is InChI=1S/C20H20N4/c1-23(2)19-20-21-16(13-12-15-8-4-3-5-9-15)14-24(20)18-11-7-6-10-17(18)22-19/h3-11,14H,12-13H2,1-2H3. The first kappa shape index (κ1) is 14.7. The van der Waals surface area contributed by atoms with Crippen molar-refractivity contribution in [1.29, 1.82) is 0 Å². The predicted molar refractivity (Wildman–Crippen MR) is 98.7 cm³/mol. The van der Waals surface area contributed by atoms with Gasteiger partial charge in [-0.25, -0.2) is 9.97 Å². The average molecular weight is 316 g/mol. The fourth-order valence-electron chi connectivity index (χ4n) is 3.03. The summed E-state index contributed by atoms with van der Waals surface area (Å²) in [5.41, 5.74) is 5.43. The Balaban J connectivity index is 1.78. The molecule has 4 aromatic rings. The minimum absolute atomic E-state index is 0.902. The molecule has 4 heteroatoms. The summed E-state index contributed by atoms with van der Waals surface area (Å²) in [7, 11) is 4.02. The van der Waals surface area contributed by atoms with E-state index in [4.69, 9.17) is 9.97 Å². The third-order valence-electron chi connectivity index (χ3n) is 4.26. The highest BCUT2D eigenvalue weighted by Crippen LogP contribution is 2.23. The number of anilines is 1. The van der Waals surface area contributed by atoms with Crippen LogP contribution in [-0.4, -0.2) is 28.5 Å². The fraction of sp³-hybridized carbons (Fsp3) is 0.200. The topological polar surface area (TPSA) is 33.4 Å². The van der Waals surface area contributed by atoms with Crippen LogP contribution in [0.15, 0.2) is 60.8 Å². The smallest absolute Gasteiger partial charge is 0.181 e. The molecule has 0 saturated heterocycles. The zero-order valence-electron chi connectivity index (χ0n) is 14.0. The third-order valence-corrected chi connectivity index (χ3v) is 4.26. The van der Waals surface area contributed by atoms with Gasteiger partial charge in [0, 0.05) is 20.3 Å². The second-order valence-corrected chi connectivity index (χ2v) is 6.23. The van der Waals surface area contributed by atoms with Gasteiger partial charge in [0.25, 0.3) is 0 Å². The molecule has 0 unspecified atom stereocenters. The number of rotatable bonds is 4. The van der Waals surface area contributed by atoms with Gasteiger partial charge in [0.05, 0.1) is 16.7 Å². The van der Waals surface area contributed by atoms with E-state index in [-0.39, 0.29) is 0 Å². The van der Waals surface area contributed by atoms with Crippen molar-refractivity contribution >= 4 is 22.5 Å². The second-order valence-electron chi connectivity index (χ2n) is 6.23. The highest BCUT2D eigenvalue weighted by atomic mass is 15.2. The summed E-state index contributed by atoms with van der Waals surface area (Å²) in [6, 6.07) is 18.8. The Bertz CT molecular complexity index is 987. The number of nitrogens with zero attached hydrogens (tertiary/aromatic N) is 4. The molecule has 24 heavy (non-hydrogen) atoms. The summed E-state index contributed by atoms with van der Waals surface area (Å²) in [5.74, 6) is 0.902. The van der Waals surface area contributed by atoms with E-state index in [1.165, 1.54) is 5.56 Å². The van der Waals surface area contributed by atoms with Crippen molar-refractivity contribution in [2.45, 2.75) is 12.8 Å². The number of benzene rings is 2. The maximum Gasteiger partial charge on any atom is 0.181 e. The maximum absolute atomic E-state index is 4.86. The Labute approximate surface area is 141 Å². The highest BCUT2D eigenvalue weighted by molar-refractivity contribution is 5.83. The van der Waals surface area contributed by atoms with E-state index in [1.807, 2.05) is 37.2 Å². The van der Waals surface area contributed by atoms with Crippen LogP contribution in [0.4, 0.5) is 5.82 Å².